The van der Waals surface area contributed by atoms with Crippen molar-refractivity contribution in [1.82, 2.24) is 9.97 Å². The summed E-state index contributed by atoms with van der Waals surface area (Å²) in [7, 11) is 0. The summed E-state index contributed by atoms with van der Waals surface area (Å²) in [6, 6.07) is 0. The fraction of sp³-hybridized carbons (Fsp3) is 0.692. The van der Waals surface area contributed by atoms with E-state index >= 15 is 0 Å². The van der Waals surface area contributed by atoms with Crippen molar-refractivity contribution in [3.63, 3.8) is 0 Å². The van der Waals surface area contributed by atoms with Crippen LogP contribution in [0.15, 0.2) is 0 Å². The van der Waals surface area contributed by atoms with Crippen LogP contribution in [-0.2, 0) is 6.42 Å². The van der Waals surface area contributed by atoms with Crippen LogP contribution in [0.2, 0.25) is 0 Å². The highest BCUT2D eigenvalue weighted by molar-refractivity contribution is 7.98. The number of rotatable bonds is 7. The Bertz CT molecular complexity index is 381. The molecule has 0 aliphatic carbocycles. The van der Waals surface area contributed by atoms with Crippen LogP contribution >= 0.6 is 11.8 Å². The third-order valence-electron chi connectivity index (χ3n) is 2.77. The lowest BCUT2D eigenvalue weighted by atomic mass is 10.2. The molecule has 0 aromatic carbocycles. The van der Waals surface area contributed by atoms with Gasteiger partial charge in [0.15, 0.2) is 0 Å². The van der Waals surface area contributed by atoms with Gasteiger partial charge >= 0.3 is 0 Å². The molecule has 0 amide bonds. The quantitative estimate of drug-likeness (QED) is 0.796. The van der Waals surface area contributed by atoms with E-state index in [1.165, 1.54) is 0 Å². The minimum absolute atomic E-state index is 0.591. The summed E-state index contributed by atoms with van der Waals surface area (Å²) in [4.78, 5) is 8.86. The van der Waals surface area contributed by atoms with E-state index in [-0.39, 0.29) is 0 Å². The summed E-state index contributed by atoms with van der Waals surface area (Å²) in [5, 5.41) is 3.39. The molecule has 0 spiro atoms. The monoisotopic (exact) mass is 268 g/mol. The second-order valence-corrected chi connectivity index (χ2v) is 5.60. The first-order valence-corrected chi connectivity index (χ1v) is 7.83. The van der Waals surface area contributed by atoms with E-state index in [0.29, 0.717) is 11.7 Å². The molecule has 0 radical (unpaired) electrons. The van der Waals surface area contributed by atoms with E-state index < -0.39 is 0 Å². The number of nitrogens with one attached hydrogen (secondary N) is 1. The highest BCUT2D eigenvalue weighted by Gasteiger charge is 2.09. The average Bonchev–Trinajstić information content (AvgIpc) is 2.32. The zero-order chi connectivity index (χ0) is 13.5. The Morgan fingerprint density at radius 1 is 1.39 bits per heavy atom. The van der Waals surface area contributed by atoms with Crippen LogP contribution in [0.1, 0.15) is 31.7 Å². The van der Waals surface area contributed by atoms with Crippen molar-refractivity contribution in [2.24, 2.45) is 5.92 Å². The molecule has 1 rings (SSSR count). The van der Waals surface area contributed by atoms with Crippen molar-refractivity contribution in [1.29, 1.82) is 0 Å². The second kappa shape index (κ2) is 7.46. The molecule has 18 heavy (non-hydrogen) atoms. The minimum atomic E-state index is 0.591. The molecule has 0 fully saturated rings. The highest BCUT2D eigenvalue weighted by Crippen LogP contribution is 2.18. The Kier molecular flexibility index (Phi) is 6.25. The summed E-state index contributed by atoms with van der Waals surface area (Å²) in [6.45, 7) is 7.24. The standard InChI is InChI=1S/C13H24N4S/c1-5-6-11-16-12(14)10(3)13(17-11)15-7-9(2)8-18-4/h9H,5-8H2,1-4H3,(H3,14,15,16,17). The molecule has 1 heterocycles. The first-order chi connectivity index (χ1) is 8.58. The molecular weight excluding hydrogens is 244 g/mol. The molecule has 0 saturated carbocycles. The van der Waals surface area contributed by atoms with E-state index in [9.17, 15) is 0 Å². The van der Waals surface area contributed by atoms with Gasteiger partial charge in [-0.2, -0.15) is 11.8 Å². The van der Waals surface area contributed by atoms with Crippen LogP contribution in [0.4, 0.5) is 11.6 Å². The van der Waals surface area contributed by atoms with Gasteiger partial charge in [0.05, 0.1) is 0 Å². The van der Waals surface area contributed by atoms with Gasteiger partial charge in [-0.1, -0.05) is 13.8 Å². The Balaban J connectivity index is 2.74. The maximum absolute atomic E-state index is 5.92. The molecule has 0 bridgehead atoms. The predicted molar refractivity (Wildman–Crippen MR) is 81.2 cm³/mol. The normalized spacial score (nSPS) is 12.4. The van der Waals surface area contributed by atoms with Gasteiger partial charge in [0, 0.05) is 18.5 Å². The zero-order valence-corrected chi connectivity index (χ0v) is 12.6. The lowest BCUT2D eigenvalue weighted by Gasteiger charge is -2.15. The van der Waals surface area contributed by atoms with Crippen LogP contribution < -0.4 is 11.1 Å². The number of anilines is 2. The number of aryl methyl sites for hydroxylation is 1. The van der Waals surface area contributed by atoms with Crippen molar-refractivity contribution in [2.75, 3.05) is 29.6 Å². The van der Waals surface area contributed by atoms with Crippen molar-refractivity contribution >= 4 is 23.4 Å². The third-order valence-corrected chi connectivity index (χ3v) is 3.67. The van der Waals surface area contributed by atoms with Gasteiger partial charge in [-0.25, -0.2) is 9.97 Å². The van der Waals surface area contributed by atoms with Crippen LogP contribution in [0.25, 0.3) is 0 Å². The van der Waals surface area contributed by atoms with E-state index in [2.05, 4.69) is 35.4 Å². The molecule has 4 nitrogen and oxygen atoms in total. The molecule has 1 atom stereocenters. The zero-order valence-electron chi connectivity index (χ0n) is 11.8. The molecule has 1 aromatic heterocycles. The summed E-state index contributed by atoms with van der Waals surface area (Å²) in [6.07, 6.45) is 4.04. The van der Waals surface area contributed by atoms with Crippen molar-refractivity contribution < 1.29 is 0 Å². The van der Waals surface area contributed by atoms with E-state index in [1.54, 1.807) is 0 Å². The topological polar surface area (TPSA) is 63.8 Å². The van der Waals surface area contributed by atoms with Crippen LogP contribution in [0, 0.1) is 12.8 Å². The van der Waals surface area contributed by atoms with Gasteiger partial charge in [0.1, 0.15) is 17.5 Å². The number of nitrogens with zero attached hydrogens (tertiary/aromatic N) is 2. The van der Waals surface area contributed by atoms with Crippen molar-refractivity contribution in [3.05, 3.63) is 11.4 Å². The van der Waals surface area contributed by atoms with Crippen LogP contribution in [-0.4, -0.2) is 28.5 Å². The number of hydrogen-bond acceptors (Lipinski definition) is 5. The van der Waals surface area contributed by atoms with Crippen LogP contribution in [0.3, 0.4) is 0 Å². The van der Waals surface area contributed by atoms with Gasteiger partial charge in [-0.05, 0) is 31.3 Å². The molecule has 1 aromatic rings. The largest absolute Gasteiger partial charge is 0.383 e. The van der Waals surface area contributed by atoms with E-state index in [4.69, 9.17) is 5.73 Å². The summed E-state index contributed by atoms with van der Waals surface area (Å²) >= 11 is 1.87. The van der Waals surface area contributed by atoms with Crippen molar-refractivity contribution in [3.8, 4) is 0 Å². The molecule has 0 aliphatic heterocycles. The van der Waals surface area contributed by atoms with Crippen LogP contribution in [0.5, 0.6) is 0 Å². The average molecular weight is 268 g/mol. The fourth-order valence-corrected chi connectivity index (χ4v) is 2.39. The summed E-state index contributed by atoms with van der Waals surface area (Å²) in [5.74, 6) is 4.08. The number of aromatic nitrogens is 2. The van der Waals surface area contributed by atoms with Crippen molar-refractivity contribution in [2.45, 2.75) is 33.6 Å². The molecule has 0 saturated heterocycles. The second-order valence-electron chi connectivity index (χ2n) is 4.69. The number of hydrogen-bond donors (Lipinski definition) is 2. The first kappa shape index (κ1) is 15.1. The molecule has 1 unspecified atom stereocenters. The summed E-state index contributed by atoms with van der Waals surface area (Å²) in [5.41, 5.74) is 6.87. The SMILES string of the molecule is CCCc1nc(N)c(C)c(NCC(C)CSC)n1. The summed E-state index contributed by atoms with van der Waals surface area (Å²) < 4.78 is 0. The van der Waals surface area contributed by atoms with Gasteiger partial charge in [0.25, 0.3) is 0 Å². The Hall–Kier alpha value is -0.970. The van der Waals surface area contributed by atoms with Gasteiger partial charge in [0.2, 0.25) is 0 Å². The molecular formula is C13H24N4S. The number of nitrogen functional groups attached to an aromatic ring is 1. The fourth-order valence-electron chi connectivity index (χ4n) is 1.70. The lowest BCUT2D eigenvalue weighted by Crippen LogP contribution is -2.16. The maximum Gasteiger partial charge on any atom is 0.134 e. The van der Waals surface area contributed by atoms with Gasteiger partial charge < -0.3 is 11.1 Å². The van der Waals surface area contributed by atoms with E-state index in [1.807, 2.05) is 18.7 Å². The Labute approximate surface area is 114 Å². The van der Waals surface area contributed by atoms with Gasteiger partial charge in [-0.15, -0.1) is 0 Å². The molecule has 102 valence electrons. The molecule has 5 heteroatoms. The predicted octanol–water partition coefficient (Wildman–Crippen LogP) is 2.73. The smallest absolute Gasteiger partial charge is 0.134 e. The Morgan fingerprint density at radius 2 is 2.11 bits per heavy atom. The third kappa shape index (κ3) is 4.37. The van der Waals surface area contributed by atoms with Gasteiger partial charge in [-0.3, -0.25) is 0 Å². The number of thioether (sulfide) groups is 1. The highest BCUT2D eigenvalue weighted by atomic mass is 32.2. The Morgan fingerprint density at radius 3 is 2.72 bits per heavy atom. The van der Waals surface area contributed by atoms with E-state index in [0.717, 1.165) is 42.3 Å². The molecule has 3 N–H and O–H groups in total. The lowest BCUT2D eigenvalue weighted by molar-refractivity contribution is 0.697. The minimum Gasteiger partial charge on any atom is -0.383 e. The maximum atomic E-state index is 5.92. The molecule has 0 aliphatic rings. The number of nitrogens with two attached hydrogens (primary N) is 1. The first-order valence-electron chi connectivity index (χ1n) is 6.44.